The van der Waals surface area contributed by atoms with Gasteiger partial charge < -0.3 is 14.3 Å². The van der Waals surface area contributed by atoms with Gasteiger partial charge in [-0.05, 0) is 76.4 Å². The van der Waals surface area contributed by atoms with Crippen LogP contribution in [0.3, 0.4) is 0 Å². The molecule has 196 valence electrons. The molecule has 2 saturated heterocycles. The number of oxime groups is 1. The van der Waals surface area contributed by atoms with Crippen molar-refractivity contribution in [3.05, 3.63) is 70.3 Å². The first kappa shape index (κ1) is 26.0. The van der Waals surface area contributed by atoms with Gasteiger partial charge in [0, 0.05) is 53.2 Å². The van der Waals surface area contributed by atoms with Crippen LogP contribution in [0.15, 0.2) is 64.4 Å². The summed E-state index contributed by atoms with van der Waals surface area (Å²) in [5.74, 6) is 0.546. The van der Waals surface area contributed by atoms with Crippen LogP contribution in [0.2, 0.25) is 0 Å². The lowest BCUT2D eigenvalue weighted by Crippen LogP contribution is -2.56. The largest absolute Gasteiger partial charge is 0.396 e. The van der Waals surface area contributed by atoms with Gasteiger partial charge in [0.05, 0.1) is 11.3 Å². The number of rotatable bonds is 6. The van der Waals surface area contributed by atoms with Crippen LogP contribution in [0.5, 0.6) is 0 Å². The van der Waals surface area contributed by atoms with Crippen molar-refractivity contribution in [1.82, 2.24) is 14.4 Å². The van der Waals surface area contributed by atoms with E-state index in [1.165, 1.54) is 0 Å². The van der Waals surface area contributed by atoms with E-state index < -0.39 is 0 Å². The number of nitrogens with zero attached hydrogens (tertiary/aromatic N) is 4. The summed E-state index contributed by atoms with van der Waals surface area (Å²) in [6.07, 6.45) is 6.12. The van der Waals surface area contributed by atoms with Crippen molar-refractivity contribution >= 4 is 38.5 Å². The maximum absolute atomic E-state index is 13.4. The fraction of sp³-hybridized carbons (Fsp3) is 0.467. The lowest BCUT2D eigenvalue weighted by atomic mass is 9.82. The first-order valence-electron chi connectivity index (χ1n) is 13.4. The molecular weight excluding hydrogens is 528 g/mol. The Hall–Kier alpha value is -2.64. The standard InChI is InChI=1S/C30H37BrN4O2/c1-4-37-32-28(22-9-11-24(31)12-10-22)23-13-17-35(18-14-23)30(2)15-19-34(20-16-30)29(36)26-21-33(3)27-8-6-5-7-25(26)27/h5-12,21,23H,4,13-20H2,1-3H3. The molecule has 7 heteroatoms. The molecule has 0 radical (unpaired) electrons. The average molecular weight is 566 g/mol. The van der Waals surface area contributed by atoms with Crippen molar-refractivity contribution in [2.75, 3.05) is 32.8 Å². The van der Waals surface area contributed by atoms with Gasteiger partial charge in [0.2, 0.25) is 0 Å². The highest BCUT2D eigenvalue weighted by Crippen LogP contribution is 2.34. The zero-order valence-electron chi connectivity index (χ0n) is 22.1. The number of benzene rings is 2. The van der Waals surface area contributed by atoms with Crippen LogP contribution in [0.25, 0.3) is 10.9 Å². The van der Waals surface area contributed by atoms with Gasteiger partial charge in [-0.1, -0.05) is 51.4 Å². The highest BCUT2D eigenvalue weighted by Gasteiger charge is 2.39. The van der Waals surface area contributed by atoms with Crippen molar-refractivity contribution in [3.8, 4) is 0 Å². The van der Waals surface area contributed by atoms with Crippen LogP contribution in [0.1, 0.15) is 55.5 Å². The number of hydrogen-bond donors (Lipinski definition) is 0. The third-order valence-corrected chi connectivity index (χ3v) is 8.86. The second-order valence-corrected chi connectivity index (χ2v) is 11.5. The van der Waals surface area contributed by atoms with E-state index in [0.29, 0.717) is 12.5 Å². The van der Waals surface area contributed by atoms with Crippen LogP contribution in [0, 0.1) is 5.92 Å². The Morgan fingerprint density at radius 1 is 1.05 bits per heavy atom. The average Bonchev–Trinajstić information content (AvgIpc) is 3.26. The fourth-order valence-corrected chi connectivity index (χ4v) is 6.26. The van der Waals surface area contributed by atoms with Crippen molar-refractivity contribution in [2.45, 2.75) is 45.1 Å². The smallest absolute Gasteiger partial charge is 0.256 e. The summed E-state index contributed by atoms with van der Waals surface area (Å²) in [6.45, 7) is 8.62. The number of aromatic nitrogens is 1. The third-order valence-electron chi connectivity index (χ3n) is 8.33. The minimum absolute atomic E-state index is 0.120. The molecule has 2 aliphatic heterocycles. The molecule has 0 spiro atoms. The zero-order valence-corrected chi connectivity index (χ0v) is 23.7. The minimum atomic E-state index is 0.120. The molecule has 0 aliphatic carbocycles. The second-order valence-electron chi connectivity index (χ2n) is 10.6. The van der Waals surface area contributed by atoms with Gasteiger partial charge >= 0.3 is 0 Å². The third kappa shape index (κ3) is 5.34. The molecule has 5 rings (SSSR count). The maximum Gasteiger partial charge on any atom is 0.256 e. The summed E-state index contributed by atoms with van der Waals surface area (Å²) in [4.78, 5) is 23.7. The van der Waals surface area contributed by atoms with Crippen LogP contribution < -0.4 is 0 Å². The molecule has 6 nitrogen and oxygen atoms in total. The number of carbonyl (C=O) groups excluding carboxylic acids is 1. The molecule has 1 aromatic heterocycles. The Labute approximate surface area is 228 Å². The van der Waals surface area contributed by atoms with Gasteiger partial charge in [0.1, 0.15) is 6.61 Å². The van der Waals surface area contributed by atoms with Crippen LogP contribution in [0.4, 0.5) is 0 Å². The van der Waals surface area contributed by atoms with Crippen molar-refractivity contribution in [3.63, 3.8) is 0 Å². The summed E-state index contributed by atoms with van der Waals surface area (Å²) in [7, 11) is 2.01. The lowest BCUT2D eigenvalue weighted by Gasteiger charge is -2.49. The molecule has 0 unspecified atom stereocenters. The Morgan fingerprint density at radius 3 is 2.41 bits per heavy atom. The second kappa shape index (κ2) is 11.0. The first-order chi connectivity index (χ1) is 17.9. The predicted octanol–water partition coefficient (Wildman–Crippen LogP) is 6.09. The molecule has 3 heterocycles. The number of piperidine rings is 2. The summed E-state index contributed by atoms with van der Waals surface area (Å²) in [5.41, 5.74) is 4.24. The summed E-state index contributed by atoms with van der Waals surface area (Å²) in [6, 6.07) is 16.5. The fourth-order valence-electron chi connectivity index (χ4n) is 6.00. The van der Waals surface area contributed by atoms with E-state index in [9.17, 15) is 4.79 Å². The van der Waals surface area contributed by atoms with Gasteiger partial charge in [-0.15, -0.1) is 0 Å². The van der Waals surface area contributed by atoms with Crippen LogP contribution in [-0.4, -0.2) is 64.3 Å². The quantitative estimate of drug-likeness (QED) is 0.269. The predicted molar refractivity (Wildman–Crippen MR) is 153 cm³/mol. The molecule has 0 saturated carbocycles. The number of hydrogen-bond acceptors (Lipinski definition) is 4. The molecular formula is C30H37BrN4O2. The van der Waals surface area contributed by atoms with Crippen molar-refractivity contribution in [1.29, 1.82) is 0 Å². The molecule has 0 bridgehead atoms. The number of amides is 1. The van der Waals surface area contributed by atoms with Crippen LogP contribution in [-0.2, 0) is 11.9 Å². The number of fused-ring (bicyclic) bond motifs is 1. The van der Waals surface area contributed by atoms with E-state index in [1.807, 2.05) is 32.3 Å². The first-order valence-corrected chi connectivity index (χ1v) is 14.2. The van der Waals surface area contributed by atoms with E-state index in [-0.39, 0.29) is 11.4 Å². The van der Waals surface area contributed by atoms with Gasteiger partial charge in [0.15, 0.2) is 0 Å². The Kier molecular flexibility index (Phi) is 7.72. The van der Waals surface area contributed by atoms with Crippen molar-refractivity contribution in [2.24, 2.45) is 18.1 Å². The van der Waals surface area contributed by atoms with Gasteiger partial charge in [0.25, 0.3) is 5.91 Å². The Bertz CT molecular complexity index is 1270. The summed E-state index contributed by atoms with van der Waals surface area (Å²) >= 11 is 3.54. The van der Waals surface area contributed by atoms with E-state index >= 15 is 0 Å². The topological polar surface area (TPSA) is 50.1 Å². The number of para-hydroxylation sites is 1. The summed E-state index contributed by atoms with van der Waals surface area (Å²) in [5, 5.41) is 5.58. The monoisotopic (exact) mass is 564 g/mol. The van der Waals surface area contributed by atoms with Gasteiger partial charge in [-0.25, -0.2) is 0 Å². The number of aryl methyl sites for hydroxylation is 1. The molecule has 2 aromatic carbocycles. The van der Waals surface area contributed by atoms with E-state index in [2.05, 4.69) is 78.8 Å². The molecule has 0 N–H and O–H groups in total. The maximum atomic E-state index is 13.4. The highest BCUT2D eigenvalue weighted by atomic mass is 79.9. The molecule has 1 amide bonds. The minimum Gasteiger partial charge on any atom is -0.396 e. The van der Waals surface area contributed by atoms with Gasteiger partial charge in [-0.3, -0.25) is 9.69 Å². The van der Waals surface area contributed by atoms with E-state index in [4.69, 9.17) is 4.84 Å². The van der Waals surface area contributed by atoms with Crippen LogP contribution >= 0.6 is 15.9 Å². The number of halogens is 1. The lowest BCUT2D eigenvalue weighted by molar-refractivity contribution is 0.0162. The van der Waals surface area contributed by atoms with Crippen molar-refractivity contribution < 1.29 is 9.63 Å². The Morgan fingerprint density at radius 2 is 1.73 bits per heavy atom. The molecule has 2 aliphatic rings. The zero-order chi connectivity index (χ0) is 26.0. The molecule has 3 aromatic rings. The number of likely N-dealkylation sites (tertiary alicyclic amines) is 2. The highest BCUT2D eigenvalue weighted by molar-refractivity contribution is 9.10. The SMILES string of the molecule is CCON=C(c1ccc(Br)cc1)C1CCN(C2(C)CCN(C(=O)c3cn(C)c4ccccc34)CC2)CC1. The molecule has 2 fully saturated rings. The van der Waals surface area contributed by atoms with E-state index in [1.54, 1.807) is 0 Å². The molecule has 0 atom stereocenters. The normalized spacial score (nSPS) is 19.4. The van der Waals surface area contributed by atoms with E-state index in [0.717, 1.165) is 84.1 Å². The summed E-state index contributed by atoms with van der Waals surface area (Å²) < 4.78 is 3.12. The molecule has 37 heavy (non-hydrogen) atoms. The Balaban J connectivity index is 1.21. The van der Waals surface area contributed by atoms with Gasteiger partial charge in [-0.2, -0.15) is 0 Å². The number of carbonyl (C=O) groups is 1.